The lowest BCUT2D eigenvalue weighted by molar-refractivity contribution is -0.133. The molecule has 112 valence electrons. The molecule has 8 heteroatoms. The third kappa shape index (κ3) is 3.07. The van der Waals surface area contributed by atoms with Gasteiger partial charge in [-0.15, -0.1) is 0 Å². The minimum absolute atomic E-state index is 0.168. The van der Waals surface area contributed by atoms with Gasteiger partial charge in [-0.1, -0.05) is 11.6 Å². The topological polar surface area (TPSA) is 93.1 Å². The van der Waals surface area contributed by atoms with Crippen molar-refractivity contribution in [2.45, 2.75) is 38.3 Å². The van der Waals surface area contributed by atoms with Gasteiger partial charge in [-0.3, -0.25) is 19.7 Å². The maximum atomic E-state index is 12.4. The van der Waals surface area contributed by atoms with E-state index in [4.69, 9.17) is 11.6 Å². The maximum absolute atomic E-state index is 12.4. The summed E-state index contributed by atoms with van der Waals surface area (Å²) >= 11 is 6.01. The summed E-state index contributed by atoms with van der Waals surface area (Å²) in [5.41, 5.74) is -0.166. The second kappa shape index (κ2) is 5.48. The van der Waals surface area contributed by atoms with E-state index in [1.807, 2.05) is 0 Å². The van der Waals surface area contributed by atoms with Crippen LogP contribution in [-0.4, -0.2) is 27.6 Å². The number of imide groups is 1. The molecule has 7 nitrogen and oxygen atoms in total. The number of nitrogens with zero attached hydrogens (tertiary/aromatic N) is 2. The van der Waals surface area contributed by atoms with Gasteiger partial charge >= 0.3 is 0 Å². The fourth-order valence-electron chi connectivity index (χ4n) is 2.28. The van der Waals surface area contributed by atoms with Crippen molar-refractivity contribution in [2.24, 2.45) is 5.92 Å². The molecule has 1 aliphatic carbocycles. The highest BCUT2D eigenvalue weighted by Crippen LogP contribution is 2.30. The Bertz CT molecular complexity index is 653. The number of amides is 2. The molecule has 2 N–H and O–H groups in total. The van der Waals surface area contributed by atoms with Crippen LogP contribution in [0.2, 0.25) is 5.02 Å². The Morgan fingerprint density at radius 1 is 1.33 bits per heavy atom. The van der Waals surface area contributed by atoms with E-state index in [0.29, 0.717) is 18.9 Å². The predicted octanol–water partition coefficient (Wildman–Crippen LogP) is 0.524. The van der Waals surface area contributed by atoms with Crippen LogP contribution in [0.5, 0.6) is 0 Å². The maximum Gasteiger partial charge on any atom is 0.291 e. The number of anilines is 1. The molecule has 2 heterocycles. The smallest absolute Gasteiger partial charge is 0.291 e. The first-order chi connectivity index (χ1) is 10.0. The molecule has 1 unspecified atom stereocenters. The van der Waals surface area contributed by atoms with Gasteiger partial charge in [-0.05, 0) is 25.2 Å². The summed E-state index contributed by atoms with van der Waals surface area (Å²) in [6, 6.07) is -0.635. The predicted molar refractivity (Wildman–Crippen MR) is 76.0 cm³/mol. The van der Waals surface area contributed by atoms with E-state index < -0.39 is 11.9 Å². The lowest BCUT2D eigenvalue weighted by atomic mass is 10.1. The summed E-state index contributed by atoms with van der Waals surface area (Å²) in [5, 5.41) is 9.29. The van der Waals surface area contributed by atoms with Crippen molar-refractivity contribution in [2.75, 3.05) is 5.32 Å². The molecule has 1 aromatic heterocycles. The second-order valence-corrected chi connectivity index (χ2v) is 5.85. The Kier molecular flexibility index (Phi) is 3.67. The average molecular weight is 311 g/mol. The Balaban J connectivity index is 1.82. The zero-order chi connectivity index (χ0) is 15.0. The summed E-state index contributed by atoms with van der Waals surface area (Å²) < 4.78 is 1.37. The average Bonchev–Trinajstić information content (AvgIpc) is 3.24. The standard InChI is InChI=1S/C13H15ClN4O3/c14-8-5-15-18(6-7-1-2-7)13(21)11(8)16-9-3-4-10(19)17-12(9)20/h5,7,9,16H,1-4,6H2,(H,17,19,20). The van der Waals surface area contributed by atoms with E-state index in [0.717, 1.165) is 12.8 Å². The van der Waals surface area contributed by atoms with E-state index in [-0.39, 0.29) is 28.6 Å². The normalized spacial score (nSPS) is 22.0. The molecular formula is C13H15ClN4O3. The molecule has 1 aliphatic heterocycles. The fourth-order valence-corrected chi connectivity index (χ4v) is 2.46. The Hall–Kier alpha value is -1.89. The van der Waals surface area contributed by atoms with Crippen molar-refractivity contribution in [3.05, 3.63) is 21.6 Å². The van der Waals surface area contributed by atoms with E-state index in [9.17, 15) is 14.4 Å². The van der Waals surface area contributed by atoms with Crippen LogP contribution in [0.1, 0.15) is 25.7 Å². The molecule has 21 heavy (non-hydrogen) atoms. The van der Waals surface area contributed by atoms with E-state index >= 15 is 0 Å². The zero-order valence-electron chi connectivity index (χ0n) is 11.3. The number of hydrogen-bond acceptors (Lipinski definition) is 5. The number of aromatic nitrogens is 2. The molecular weight excluding hydrogens is 296 g/mol. The van der Waals surface area contributed by atoms with Gasteiger partial charge in [0.25, 0.3) is 5.56 Å². The summed E-state index contributed by atoms with van der Waals surface area (Å²) in [6.45, 7) is 0.569. The van der Waals surface area contributed by atoms with Gasteiger partial charge in [0, 0.05) is 13.0 Å². The SMILES string of the molecule is O=C1CCC(Nc2c(Cl)cnn(CC3CC3)c2=O)C(=O)N1. The minimum atomic E-state index is -0.635. The van der Waals surface area contributed by atoms with Crippen molar-refractivity contribution in [3.63, 3.8) is 0 Å². The second-order valence-electron chi connectivity index (χ2n) is 5.45. The van der Waals surface area contributed by atoms with Crippen molar-refractivity contribution in [1.29, 1.82) is 0 Å². The van der Waals surface area contributed by atoms with Crippen LogP contribution in [-0.2, 0) is 16.1 Å². The Morgan fingerprint density at radius 3 is 2.76 bits per heavy atom. The largest absolute Gasteiger partial charge is 0.368 e. The summed E-state index contributed by atoms with van der Waals surface area (Å²) in [4.78, 5) is 35.2. The highest BCUT2D eigenvalue weighted by atomic mass is 35.5. The van der Waals surface area contributed by atoms with Gasteiger partial charge in [0.1, 0.15) is 11.7 Å². The van der Waals surface area contributed by atoms with Crippen LogP contribution in [0.4, 0.5) is 5.69 Å². The summed E-state index contributed by atoms with van der Waals surface area (Å²) in [6.07, 6.45) is 4.19. The van der Waals surface area contributed by atoms with Crippen LogP contribution < -0.4 is 16.2 Å². The van der Waals surface area contributed by atoms with E-state index in [1.54, 1.807) is 0 Å². The minimum Gasteiger partial charge on any atom is -0.368 e. The monoisotopic (exact) mass is 310 g/mol. The molecule has 2 amide bonds. The summed E-state index contributed by atoms with van der Waals surface area (Å²) in [7, 11) is 0. The number of carbonyl (C=O) groups is 2. The van der Waals surface area contributed by atoms with Gasteiger partial charge < -0.3 is 5.32 Å². The molecule has 1 saturated heterocycles. The zero-order valence-corrected chi connectivity index (χ0v) is 12.0. The third-order valence-electron chi connectivity index (χ3n) is 3.68. The van der Waals surface area contributed by atoms with Crippen LogP contribution in [0.3, 0.4) is 0 Å². The first-order valence-electron chi connectivity index (χ1n) is 6.90. The van der Waals surface area contributed by atoms with Gasteiger partial charge in [-0.25, -0.2) is 4.68 Å². The molecule has 0 radical (unpaired) electrons. The van der Waals surface area contributed by atoms with Crippen molar-refractivity contribution in [3.8, 4) is 0 Å². The molecule has 1 aromatic rings. The quantitative estimate of drug-likeness (QED) is 0.791. The number of hydrogen-bond donors (Lipinski definition) is 2. The van der Waals surface area contributed by atoms with Crippen molar-refractivity contribution < 1.29 is 9.59 Å². The molecule has 3 rings (SSSR count). The van der Waals surface area contributed by atoms with Gasteiger partial charge in [0.2, 0.25) is 11.8 Å². The number of piperidine rings is 1. The molecule has 1 saturated carbocycles. The van der Waals surface area contributed by atoms with E-state index in [2.05, 4.69) is 15.7 Å². The van der Waals surface area contributed by atoms with Crippen molar-refractivity contribution >= 4 is 29.1 Å². The molecule has 0 spiro atoms. The first-order valence-corrected chi connectivity index (χ1v) is 7.28. The van der Waals surface area contributed by atoms with Gasteiger partial charge in [0.05, 0.1) is 11.2 Å². The Labute approximate surface area is 125 Å². The highest BCUT2D eigenvalue weighted by molar-refractivity contribution is 6.33. The third-order valence-corrected chi connectivity index (χ3v) is 3.97. The highest BCUT2D eigenvalue weighted by Gasteiger charge is 2.28. The summed E-state index contributed by atoms with van der Waals surface area (Å²) in [5.74, 6) is -0.239. The van der Waals surface area contributed by atoms with Crippen molar-refractivity contribution in [1.82, 2.24) is 15.1 Å². The van der Waals surface area contributed by atoms with E-state index in [1.165, 1.54) is 10.9 Å². The number of carbonyl (C=O) groups excluding carboxylic acids is 2. The number of halogens is 1. The lowest BCUT2D eigenvalue weighted by Crippen LogP contribution is -2.48. The van der Waals surface area contributed by atoms with Crippen LogP contribution in [0.15, 0.2) is 11.0 Å². The molecule has 2 fully saturated rings. The molecule has 2 aliphatic rings. The van der Waals surface area contributed by atoms with Crippen LogP contribution in [0, 0.1) is 5.92 Å². The van der Waals surface area contributed by atoms with Crippen LogP contribution >= 0.6 is 11.6 Å². The first kappa shape index (κ1) is 14.1. The molecule has 1 atom stereocenters. The van der Waals surface area contributed by atoms with Gasteiger partial charge in [0.15, 0.2) is 0 Å². The molecule has 0 aromatic carbocycles. The number of rotatable bonds is 4. The fraction of sp³-hybridized carbons (Fsp3) is 0.538. The van der Waals surface area contributed by atoms with Crippen LogP contribution in [0.25, 0.3) is 0 Å². The van der Waals surface area contributed by atoms with Gasteiger partial charge in [-0.2, -0.15) is 5.10 Å². The lowest BCUT2D eigenvalue weighted by Gasteiger charge is -2.23. The molecule has 0 bridgehead atoms. The number of nitrogens with one attached hydrogen (secondary N) is 2. The Morgan fingerprint density at radius 2 is 2.10 bits per heavy atom.